The Morgan fingerprint density at radius 3 is 2.37 bits per heavy atom. The maximum Gasteiger partial charge on any atom is 0.194 e. The van der Waals surface area contributed by atoms with Gasteiger partial charge in [-0.3, -0.25) is 4.90 Å². The summed E-state index contributed by atoms with van der Waals surface area (Å²) in [5.41, 5.74) is 0.449. The molecule has 1 aromatic rings. The van der Waals surface area contributed by atoms with Gasteiger partial charge in [0.15, 0.2) is 17.5 Å². The van der Waals surface area contributed by atoms with Crippen molar-refractivity contribution in [3.63, 3.8) is 0 Å². The molecule has 0 aromatic heterocycles. The van der Waals surface area contributed by atoms with E-state index in [9.17, 15) is 13.2 Å². The number of rotatable bonds is 1. The molecule has 0 spiro atoms. The molecule has 1 unspecified atom stereocenters. The predicted octanol–water partition coefficient (Wildman–Crippen LogP) is 2.78. The molecule has 2 nitrogen and oxygen atoms in total. The molecule has 2 aliphatic rings. The van der Waals surface area contributed by atoms with E-state index in [1.807, 2.05) is 4.90 Å². The predicted molar refractivity (Wildman–Crippen MR) is 67.7 cm³/mol. The average molecular weight is 270 g/mol. The normalized spacial score (nSPS) is 24.4. The molecule has 2 heterocycles. The van der Waals surface area contributed by atoms with Crippen molar-refractivity contribution < 1.29 is 13.2 Å². The van der Waals surface area contributed by atoms with E-state index in [2.05, 4.69) is 4.90 Å². The van der Waals surface area contributed by atoms with Gasteiger partial charge in [0.05, 0.1) is 0 Å². The molecule has 3 rings (SSSR count). The first-order valence-electron chi connectivity index (χ1n) is 6.78. The van der Waals surface area contributed by atoms with E-state index in [1.54, 1.807) is 0 Å². The third-order valence-electron chi connectivity index (χ3n) is 4.14. The van der Waals surface area contributed by atoms with Crippen LogP contribution in [-0.2, 0) is 0 Å². The monoisotopic (exact) mass is 270 g/mol. The molecule has 1 aromatic carbocycles. The molecule has 2 aliphatic heterocycles. The van der Waals surface area contributed by atoms with Crippen molar-refractivity contribution in [3.05, 3.63) is 29.6 Å². The Hall–Kier alpha value is -1.23. The molecule has 104 valence electrons. The molecular weight excluding hydrogens is 253 g/mol. The third kappa shape index (κ3) is 2.43. The molecule has 5 heteroatoms. The van der Waals surface area contributed by atoms with E-state index in [0.717, 1.165) is 51.2 Å². The van der Waals surface area contributed by atoms with Crippen LogP contribution < -0.4 is 4.90 Å². The zero-order valence-electron chi connectivity index (χ0n) is 10.7. The van der Waals surface area contributed by atoms with E-state index in [-0.39, 0.29) is 0 Å². The molecule has 2 saturated heterocycles. The fourth-order valence-electron chi connectivity index (χ4n) is 3.17. The summed E-state index contributed by atoms with van der Waals surface area (Å²) in [4.78, 5) is 4.41. The van der Waals surface area contributed by atoms with Crippen molar-refractivity contribution >= 4 is 5.69 Å². The fourth-order valence-corrected chi connectivity index (χ4v) is 3.17. The lowest BCUT2D eigenvalue weighted by atomic mass is 10.2. The van der Waals surface area contributed by atoms with Crippen molar-refractivity contribution in [2.75, 3.05) is 31.1 Å². The largest absolute Gasteiger partial charge is 0.370 e. The Labute approximate surface area is 110 Å². The molecular formula is C14H17F3N2. The smallest absolute Gasteiger partial charge is 0.194 e. The van der Waals surface area contributed by atoms with Crippen LogP contribution in [0.15, 0.2) is 12.1 Å². The molecule has 0 aliphatic carbocycles. The van der Waals surface area contributed by atoms with Gasteiger partial charge in [0.2, 0.25) is 0 Å². The topological polar surface area (TPSA) is 6.48 Å². The zero-order valence-corrected chi connectivity index (χ0v) is 10.7. The van der Waals surface area contributed by atoms with Gasteiger partial charge in [-0.1, -0.05) is 0 Å². The standard InChI is InChI=1S/C14H17F3N2/c15-12-7-11(8-13(16)14(12)17)19-6-2-5-18-4-1-3-10(18)9-19/h7-8,10H,1-6,9H2. The lowest BCUT2D eigenvalue weighted by molar-refractivity contribution is 0.273. The van der Waals surface area contributed by atoms with Gasteiger partial charge in [0, 0.05) is 43.5 Å². The molecule has 0 amide bonds. The highest BCUT2D eigenvalue weighted by molar-refractivity contribution is 5.47. The summed E-state index contributed by atoms with van der Waals surface area (Å²) in [5, 5.41) is 0. The molecule has 0 N–H and O–H groups in total. The molecule has 1 atom stereocenters. The summed E-state index contributed by atoms with van der Waals surface area (Å²) >= 11 is 0. The Balaban J connectivity index is 1.85. The van der Waals surface area contributed by atoms with Gasteiger partial charge in [0.25, 0.3) is 0 Å². The Morgan fingerprint density at radius 2 is 1.63 bits per heavy atom. The van der Waals surface area contributed by atoms with E-state index in [1.165, 1.54) is 6.42 Å². The fraction of sp³-hybridized carbons (Fsp3) is 0.571. The minimum Gasteiger partial charge on any atom is -0.370 e. The van der Waals surface area contributed by atoms with Gasteiger partial charge in [-0.25, -0.2) is 13.2 Å². The molecule has 0 bridgehead atoms. The molecule has 19 heavy (non-hydrogen) atoms. The van der Waals surface area contributed by atoms with Gasteiger partial charge < -0.3 is 4.90 Å². The summed E-state index contributed by atoms with van der Waals surface area (Å²) in [6.45, 7) is 3.68. The van der Waals surface area contributed by atoms with E-state index in [4.69, 9.17) is 0 Å². The number of fused-ring (bicyclic) bond motifs is 1. The lowest BCUT2D eigenvalue weighted by Crippen LogP contribution is -2.36. The van der Waals surface area contributed by atoms with Crippen LogP contribution in [0.2, 0.25) is 0 Å². The maximum atomic E-state index is 13.3. The minimum absolute atomic E-state index is 0.449. The Bertz CT molecular complexity index is 455. The van der Waals surface area contributed by atoms with Crippen LogP contribution in [-0.4, -0.2) is 37.1 Å². The van der Waals surface area contributed by atoms with E-state index >= 15 is 0 Å². The van der Waals surface area contributed by atoms with Gasteiger partial charge in [-0.05, 0) is 25.8 Å². The first-order chi connectivity index (χ1) is 9.15. The number of nitrogens with zero attached hydrogens (tertiary/aromatic N) is 2. The van der Waals surface area contributed by atoms with Crippen LogP contribution in [0.1, 0.15) is 19.3 Å². The van der Waals surface area contributed by atoms with Gasteiger partial charge in [-0.15, -0.1) is 0 Å². The van der Waals surface area contributed by atoms with Crippen LogP contribution in [0.4, 0.5) is 18.9 Å². The second kappa shape index (κ2) is 5.04. The average Bonchev–Trinajstić information content (AvgIpc) is 2.72. The van der Waals surface area contributed by atoms with Gasteiger partial charge in [0.1, 0.15) is 0 Å². The highest BCUT2D eigenvalue weighted by Gasteiger charge is 2.29. The van der Waals surface area contributed by atoms with Gasteiger partial charge >= 0.3 is 0 Å². The number of halogens is 3. The number of benzene rings is 1. The van der Waals surface area contributed by atoms with Crippen molar-refractivity contribution in [3.8, 4) is 0 Å². The lowest BCUT2D eigenvalue weighted by Gasteiger charge is -2.27. The molecule has 0 saturated carbocycles. The van der Waals surface area contributed by atoms with Crippen LogP contribution in [0.3, 0.4) is 0 Å². The Morgan fingerprint density at radius 1 is 0.947 bits per heavy atom. The van der Waals surface area contributed by atoms with Crippen LogP contribution >= 0.6 is 0 Å². The SMILES string of the molecule is Fc1cc(N2CCCN3CCCC3C2)cc(F)c1F. The quantitative estimate of drug-likeness (QED) is 0.724. The van der Waals surface area contributed by atoms with Crippen molar-refractivity contribution in [2.45, 2.75) is 25.3 Å². The van der Waals surface area contributed by atoms with Crippen molar-refractivity contribution in [1.29, 1.82) is 0 Å². The summed E-state index contributed by atoms with van der Waals surface area (Å²) in [7, 11) is 0. The summed E-state index contributed by atoms with van der Waals surface area (Å²) in [5.74, 6) is -3.61. The summed E-state index contributed by atoms with van der Waals surface area (Å²) < 4.78 is 39.6. The zero-order chi connectivity index (χ0) is 13.4. The first kappa shape index (κ1) is 12.8. The van der Waals surface area contributed by atoms with Crippen LogP contribution in [0, 0.1) is 17.5 Å². The van der Waals surface area contributed by atoms with E-state index in [0.29, 0.717) is 11.7 Å². The third-order valence-corrected chi connectivity index (χ3v) is 4.14. The highest BCUT2D eigenvalue weighted by atomic mass is 19.2. The van der Waals surface area contributed by atoms with Crippen molar-refractivity contribution in [2.24, 2.45) is 0 Å². The molecule has 0 radical (unpaired) electrons. The maximum absolute atomic E-state index is 13.3. The first-order valence-corrected chi connectivity index (χ1v) is 6.78. The number of anilines is 1. The van der Waals surface area contributed by atoms with Gasteiger partial charge in [-0.2, -0.15) is 0 Å². The van der Waals surface area contributed by atoms with Crippen molar-refractivity contribution in [1.82, 2.24) is 4.90 Å². The second-order valence-electron chi connectivity index (χ2n) is 5.35. The number of hydrogen-bond donors (Lipinski definition) is 0. The molecule has 2 fully saturated rings. The summed E-state index contributed by atoms with van der Waals surface area (Å²) in [6, 6.07) is 2.66. The Kier molecular flexibility index (Phi) is 3.39. The second-order valence-corrected chi connectivity index (χ2v) is 5.35. The minimum atomic E-state index is -1.39. The van der Waals surface area contributed by atoms with E-state index < -0.39 is 17.5 Å². The summed E-state index contributed by atoms with van der Waals surface area (Å²) in [6.07, 6.45) is 3.28. The van der Waals surface area contributed by atoms with Crippen LogP contribution in [0.5, 0.6) is 0 Å². The van der Waals surface area contributed by atoms with Crippen LogP contribution in [0.25, 0.3) is 0 Å². The number of hydrogen-bond acceptors (Lipinski definition) is 2. The highest BCUT2D eigenvalue weighted by Crippen LogP contribution is 2.27.